The summed E-state index contributed by atoms with van der Waals surface area (Å²) in [5.74, 6) is -2.45. The van der Waals surface area contributed by atoms with Crippen LogP contribution in [0.5, 0.6) is 11.5 Å². The minimum atomic E-state index is -4.78. The van der Waals surface area contributed by atoms with Crippen molar-refractivity contribution in [3.8, 4) is 11.5 Å². The van der Waals surface area contributed by atoms with Gasteiger partial charge in [-0.25, -0.2) is 0 Å². The molecule has 0 aliphatic carbocycles. The van der Waals surface area contributed by atoms with E-state index in [9.17, 15) is 27.9 Å². The Morgan fingerprint density at radius 2 is 1.67 bits per heavy atom. The molecule has 21 heavy (non-hydrogen) atoms. The van der Waals surface area contributed by atoms with E-state index < -0.39 is 37.1 Å². The van der Waals surface area contributed by atoms with Crippen molar-refractivity contribution in [2.75, 3.05) is 13.2 Å². The van der Waals surface area contributed by atoms with Gasteiger partial charge >= 0.3 is 35.9 Å². The molecule has 0 radical (unpaired) electrons. The third kappa shape index (κ3) is 9.16. The van der Waals surface area contributed by atoms with Crippen LogP contribution >= 0.6 is 0 Å². The normalized spacial score (nSPS) is 10.2. The molecular formula is C11H9F3NNaO5. The molecule has 0 saturated carbocycles. The minimum Gasteiger partial charge on any atom is -0.548 e. The summed E-state index contributed by atoms with van der Waals surface area (Å²) < 4.78 is 44.2. The molecule has 1 aromatic rings. The molecule has 0 aliphatic heterocycles. The molecule has 1 aromatic carbocycles. The molecule has 6 nitrogen and oxygen atoms in total. The van der Waals surface area contributed by atoms with Gasteiger partial charge in [-0.15, -0.1) is 13.2 Å². The quantitative estimate of drug-likeness (QED) is 0.560. The van der Waals surface area contributed by atoms with Crippen molar-refractivity contribution in [1.29, 1.82) is 0 Å². The maximum atomic E-state index is 11.9. The number of hydrogen-bond acceptors (Lipinski definition) is 5. The summed E-state index contributed by atoms with van der Waals surface area (Å²) >= 11 is 0. The summed E-state index contributed by atoms with van der Waals surface area (Å²) in [5, 5.41) is 12.1. The first-order valence-corrected chi connectivity index (χ1v) is 5.21. The van der Waals surface area contributed by atoms with E-state index in [1.165, 1.54) is 12.1 Å². The Kier molecular flexibility index (Phi) is 8.15. The van der Waals surface area contributed by atoms with Gasteiger partial charge in [0.05, 0.1) is 12.5 Å². The van der Waals surface area contributed by atoms with Crippen molar-refractivity contribution < 1.29 is 66.9 Å². The number of rotatable bonds is 6. The molecule has 1 amide bonds. The van der Waals surface area contributed by atoms with Crippen molar-refractivity contribution in [1.82, 2.24) is 5.32 Å². The molecule has 0 unspecified atom stereocenters. The molecule has 1 rings (SSSR count). The third-order valence-electron chi connectivity index (χ3n) is 1.86. The summed E-state index contributed by atoms with van der Waals surface area (Å²) in [6.07, 6.45) is -4.78. The van der Waals surface area contributed by atoms with Crippen LogP contribution in [-0.4, -0.2) is 31.4 Å². The van der Waals surface area contributed by atoms with E-state index in [0.717, 1.165) is 12.1 Å². The van der Waals surface area contributed by atoms with E-state index in [1.807, 2.05) is 5.32 Å². The van der Waals surface area contributed by atoms with Crippen LogP contribution in [0.2, 0.25) is 0 Å². The summed E-state index contributed by atoms with van der Waals surface area (Å²) in [6.45, 7) is -1.13. The van der Waals surface area contributed by atoms with Crippen molar-refractivity contribution in [2.45, 2.75) is 6.36 Å². The summed E-state index contributed by atoms with van der Waals surface area (Å²) in [5.41, 5.74) is 0. The van der Waals surface area contributed by atoms with E-state index >= 15 is 0 Å². The van der Waals surface area contributed by atoms with Crippen LogP contribution in [0.15, 0.2) is 24.3 Å². The number of carboxylic acids is 1. The molecule has 0 aromatic heterocycles. The maximum Gasteiger partial charge on any atom is 1.00 e. The SMILES string of the molecule is O=C([O-])CNC(=O)COc1ccc(OC(F)(F)F)cc1.[Na+]. The average molecular weight is 315 g/mol. The predicted octanol–water partition coefficient (Wildman–Crippen LogP) is -3.17. The average Bonchev–Trinajstić information content (AvgIpc) is 2.33. The number of carbonyl (C=O) groups excluding carboxylic acids is 2. The number of alkyl halides is 3. The molecule has 0 saturated heterocycles. The van der Waals surface area contributed by atoms with Crippen molar-refractivity contribution in [3.63, 3.8) is 0 Å². The third-order valence-corrected chi connectivity index (χ3v) is 1.86. The minimum absolute atomic E-state index is 0. The van der Waals surface area contributed by atoms with Gasteiger partial charge in [-0.05, 0) is 24.3 Å². The smallest absolute Gasteiger partial charge is 0.548 e. The number of amides is 1. The second-order valence-corrected chi connectivity index (χ2v) is 3.46. The van der Waals surface area contributed by atoms with Gasteiger partial charge in [-0.2, -0.15) is 0 Å². The Bertz CT molecular complexity index is 478. The molecule has 110 valence electrons. The Labute approximate surface area is 139 Å². The Balaban J connectivity index is 0.00000400. The number of carbonyl (C=O) groups is 2. The van der Waals surface area contributed by atoms with Gasteiger partial charge in [0.1, 0.15) is 11.5 Å². The van der Waals surface area contributed by atoms with Crippen LogP contribution < -0.4 is 49.5 Å². The fourth-order valence-corrected chi connectivity index (χ4v) is 1.11. The van der Waals surface area contributed by atoms with Crippen LogP contribution in [0.3, 0.4) is 0 Å². The first kappa shape index (κ1) is 19.6. The Hall–Kier alpha value is -1.45. The number of nitrogens with one attached hydrogen (secondary N) is 1. The number of aliphatic carboxylic acids is 1. The van der Waals surface area contributed by atoms with E-state index in [4.69, 9.17) is 4.74 Å². The number of ether oxygens (including phenoxy) is 2. The maximum absolute atomic E-state index is 11.9. The summed E-state index contributed by atoms with van der Waals surface area (Å²) in [6, 6.07) is 4.38. The van der Waals surface area contributed by atoms with Gasteiger partial charge in [-0.3, -0.25) is 4.79 Å². The number of hydrogen-bond donors (Lipinski definition) is 1. The van der Waals surface area contributed by atoms with Crippen molar-refractivity contribution in [3.05, 3.63) is 24.3 Å². The van der Waals surface area contributed by atoms with E-state index in [2.05, 4.69) is 4.74 Å². The number of benzene rings is 1. The zero-order chi connectivity index (χ0) is 15.2. The van der Waals surface area contributed by atoms with Crippen LogP contribution in [0.4, 0.5) is 13.2 Å². The van der Waals surface area contributed by atoms with Gasteiger partial charge in [0.15, 0.2) is 6.61 Å². The molecule has 0 fully saturated rings. The van der Waals surface area contributed by atoms with Gasteiger partial charge in [0.2, 0.25) is 0 Å². The molecular weight excluding hydrogens is 306 g/mol. The van der Waals surface area contributed by atoms with E-state index in [-0.39, 0.29) is 35.3 Å². The van der Waals surface area contributed by atoms with Crippen LogP contribution in [-0.2, 0) is 9.59 Å². The molecule has 0 spiro atoms. The van der Waals surface area contributed by atoms with Crippen LogP contribution in [0, 0.1) is 0 Å². The van der Waals surface area contributed by atoms with Gasteiger partial charge < -0.3 is 24.7 Å². The van der Waals surface area contributed by atoms with E-state index in [0.29, 0.717) is 0 Å². The van der Waals surface area contributed by atoms with Gasteiger partial charge in [-0.1, -0.05) is 0 Å². The number of halogens is 3. The van der Waals surface area contributed by atoms with Gasteiger partial charge in [0.25, 0.3) is 5.91 Å². The van der Waals surface area contributed by atoms with Crippen LogP contribution in [0.25, 0.3) is 0 Å². The largest absolute Gasteiger partial charge is 1.00 e. The van der Waals surface area contributed by atoms with Crippen LogP contribution in [0.1, 0.15) is 0 Å². The topological polar surface area (TPSA) is 87.7 Å². The van der Waals surface area contributed by atoms with Crippen molar-refractivity contribution in [2.24, 2.45) is 0 Å². The number of carboxylic acid groups (broad SMARTS) is 1. The fourth-order valence-electron chi connectivity index (χ4n) is 1.11. The molecule has 0 heterocycles. The second-order valence-electron chi connectivity index (χ2n) is 3.46. The predicted molar refractivity (Wildman–Crippen MR) is 56.6 cm³/mol. The molecule has 0 atom stereocenters. The Morgan fingerprint density at radius 3 is 2.14 bits per heavy atom. The molecule has 0 bridgehead atoms. The monoisotopic (exact) mass is 315 g/mol. The molecule has 10 heteroatoms. The van der Waals surface area contributed by atoms with Gasteiger partial charge in [0, 0.05) is 0 Å². The zero-order valence-electron chi connectivity index (χ0n) is 10.9. The first-order valence-electron chi connectivity index (χ1n) is 5.21. The standard InChI is InChI=1S/C11H10F3NO5.Na/c12-11(13,14)20-8-3-1-7(2-4-8)19-6-9(16)15-5-10(17)18;/h1-4H,5-6H2,(H,15,16)(H,17,18);/q;+1/p-1. The van der Waals surface area contributed by atoms with Crippen molar-refractivity contribution >= 4 is 11.9 Å². The zero-order valence-corrected chi connectivity index (χ0v) is 12.9. The summed E-state index contributed by atoms with van der Waals surface area (Å²) in [7, 11) is 0. The first-order chi connectivity index (χ1) is 9.26. The molecule has 0 aliphatic rings. The fraction of sp³-hybridized carbons (Fsp3) is 0.273. The summed E-state index contributed by atoms with van der Waals surface area (Å²) in [4.78, 5) is 21.1. The second kappa shape index (κ2) is 8.75. The molecule has 1 N–H and O–H groups in total. The van der Waals surface area contributed by atoms with E-state index in [1.54, 1.807) is 0 Å². The Morgan fingerprint density at radius 1 is 1.14 bits per heavy atom.